The van der Waals surface area contributed by atoms with E-state index in [9.17, 15) is 8.42 Å². The molecule has 0 aromatic heterocycles. The summed E-state index contributed by atoms with van der Waals surface area (Å²) < 4.78 is 24.6. The lowest BCUT2D eigenvalue weighted by molar-refractivity contribution is 0.297. The van der Waals surface area contributed by atoms with E-state index in [2.05, 4.69) is 35.3 Å². The zero-order valence-electron chi connectivity index (χ0n) is 7.75. The van der Waals surface area contributed by atoms with Gasteiger partial charge in [0, 0.05) is 0 Å². The first-order valence-corrected chi connectivity index (χ1v) is 8.24. The molecule has 0 saturated carbocycles. The van der Waals surface area contributed by atoms with Crippen LogP contribution in [0.25, 0.3) is 0 Å². The summed E-state index contributed by atoms with van der Waals surface area (Å²) in [4.78, 5) is 0. The molecule has 5 heteroatoms. The summed E-state index contributed by atoms with van der Waals surface area (Å²) in [5.41, 5.74) is 3.02. The number of hydrogen-bond acceptors (Lipinski definition) is 3. The van der Waals surface area contributed by atoms with E-state index in [0.29, 0.717) is 0 Å². The van der Waals surface area contributed by atoms with Gasteiger partial charge >= 0.3 is 0 Å². The Bertz CT molecular complexity index is 259. The van der Waals surface area contributed by atoms with Crippen molar-refractivity contribution in [3.63, 3.8) is 0 Å². The molecule has 1 unspecified atom stereocenters. The highest BCUT2D eigenvalue weighted by molar-refractivity contribution is 7.67. The van der Waals surface area contributed by atoms with Crippen molar-refractivity contribution < 1.29 is 12.6 Å². The van der Waals surface area contributed by atoms with Gasteiger partial charge in [-0.3, -0.25) is 4.18 Å². The second-order valence-corrected chi connectivity index (χ2v) is 8.90. The zero-order valence-corrected chi connectivity index (χ0v) is 9.64. The molecule has 1 atom stereocenters. The second-order valence-electron chi connectivity index (χ2n) is 3.49. The summed E-state index contributed by atoms with van der Waals surface area (Å²) in [7, 11) is -4.18. The van der Waals surface area contributed by atoms with Crippen molar-refractivity contribution in [2.24, 2.45) is 0 Å². The summed E-state index contributed by atoms with van der Waals surface area (Å²) in [5, 5.41) is 0. The highest BCUT2D eigenvalue weighted by Gasteiger charge is 2.08. The van der Waals surface area contributed by atoms with Crippen molar-refractivity contribution >= 4 is 19.1 Å². The van der Waals surface area contributed by atoms with Crippen molar-refractivity contribution in [3.05, 3.63) is 0 Å². The molecule has 0 amide bonds. The van der Waals surface area contributed by atoms with Gasteiger partial charge in [0.05, 0.1) is 0 Å². The molecule has 0 spiro atoms. The maximum absolute atomic E-state index is 10.1. The molecule has 3 nitrogen and oxygen atoms in total. The molecule has 0 radical (unpaired) electrons. The van der Waals surface area contributed by atoms with Crippen LogP contribution in [-0.4, -0.2) is 22.6 Å². The van der Waals surface area contributed by atoms with Gasteiger partial charge in [-0.2, -0.15) is 0 Å². The van der Waals surface area contributed by atoms with E-state index < -0.39 is 25.2 Å². The summed E-state index contributed by atoms with van der Waals surface area (Å²) in [6.45, 7) is 7.88. The molecular weight excluding hydrogens is 192 g/mol. The van der Waals surface area contributed by atoms with Gasteiger partial charge < -0.3 is 0 Å². The van der Waals surface area contributed by atoms with Crippen molar-refractivity contribution in [2.45, 2.75) is 32.7 Å². The van der Waals surface area contributed by atoms with Crippen LogP contribution in [0, 0.1) is 11.5 Å². The first kappa shape index (κ1) is 11.7. The van der Waals surface area contributed by atoms with Crippen molar-refractivity contribution in [2.75, 3.05) is 0 Å². The van der Waals surface area contributed by atoms with Gasteiger partial charge in [0.25, 0.3) is 11.0 Å². The van der Waals surface area contributed by atoms with Crippen LogP contribution in [-0.2, 0) is 15.2 Å². The molecule has 0 bridgehead atoms. The van der Waals surface area contributed by atoms with Gasteiger partial charge in [0.2, 0.25) is 0 Å². The minimum Gasteiger partial charge on any atom is -0.256 e. The van der Waals surface area contributed by atoms with Gasteiger partial charge in [0.1, 0.15) is 14.2 Å². The van der Waals surface area contributed by atoms with Crippen LogP contribution in [0.15, 0.2) is 0 Å². The Labute approximate surface area is 76.3 Å². The molecule has 0 aromatic rings. The highest BCUT2D eigenvalue weighted by atomic mass is 32.2. The molecule has 0 fully saturated rings. The Morgan fingerprint density at radius 2 is 1.83 bits per heavy atom. The molecule has 0 heterocycles. The molecular formula is C7H14O3SSi. The van der Waals surface area contributed by atoms with Crippen LogP contribution in [0.1, 0.15) is 6.92 Å². The highest BCUT2D eigenvalue weighted by Crippen LogP contribution is 1.97. The molecule has 0 aromatic carbocycles. The zero-order chi connectivity index (χ0) is 9.78. The van der Waals surface area contributed by atoms with Gasteiger partial charge in [-0.15, -0.1) is 5.54 Å². The summed E-state index contributed by atoms with van der Waals surface area (Å²) in [6, 6.07) is 0. The van der Waals surface area contributed by atoms with Crippen molar-refractivity contribution in [3.8, 4) is 11.5 Å². The topological polar surface area (TPSA) is 43.4 Å². The second kappa shape index (κ2) is 4.65. The average Bonchev–Trinajstić information content (AvgIpc) is 1.80. The SMILES string of the molecule is CC(C#C[Si](C)(C)C)O[SH](=O)=O. The molecule has 0 aliphatic heterocycles. The Morgan fingerprint density at radius 1 is 1.33 bits per heavy atom. The van der Waals surface area contributed by atoms with E-state index in [1.54, 1.807) is 6.92 Å². The van der Waals surface area contributed by atoms with Crippen molar-refractivity contribution in [1.82, 2.24) is 0 Å². The van der Waals surface area contributed by atoms with Gasteiger partial charge in [-0.25, -0.2) is 8.42 Å². The average molecular weight is 206 g/mol. The number of rotatable bonds is 2. The minimum absolute atomic E-state index is 0.516. The number of hydrogen-bond donors (Lipinski definition) is 1. The quantitative estimate of drug-likeness (QED) is 0.413. The molecule has 0 N–H and O–H groups in total. The fourth-order valence-electron chi connectivity index (χ4n) is 0.474. The molecule has 0 aliphatic rings. The maximum atomic E-state index is 10.1. The number of thiol groups is 1. The van der Waals surface area contributed by atoms with Gasteiger partial charge in [-0.1, -0.05) is 25.6 Å². The van der Waals surface area contributed by atoms with E-state index >= 15 is 0 Å². The normalized spacial score (nSPS) is 13.8. The molecule has 12 heavy (non-hydrogen) atoms. The third kappa shape index (κ3) is 7.79. The fraction of sp³-hybridized carbons (Fsp3) is 0.714. The third-order valence-electron chi connectivity index (χ3n) is 0.895. The summed E-state index contributed by atoms with van der Waals surface area (Å²) in [5.74, 6) is 2.76. The van der Waals surface area contributed by atoms with E-state index in [4.69, 9.17) is 0 Å². The molecule has 70 valence electrons. The van der Waals surface area contributed by atoms with Crippen LogP contribution in [0.5, 0.6) is 0 Å². The van der Waals surface area contributed by atoms with Crippen LogP contribution < -0.4 is 0 Å². The Hall–Kier alpha value is -0.313. The largest absolute Gasteiger partial charge is 0.258 e. The van der Waals surface area contributed by atoms with Gasteiger partial charge in [0.15, 0.2) is 0 Å². The monoisotopic (exact) mass is 206 g/mol. The fourth-order valence-corrected chi connectivity index (χ4v) is 1.42. The van der Waals surface area contributed by atoms with E-state index in [0.717, 1.165) is 0 Å². The van der Waals surface area contributed by atoms with Crippen LogP contribution in [0.2, 0.25) is 19.6 Å². The first-order chi connectivity index (χ1) is 5.31. The van der Waals surface area contributed by atoms with Gasteiger partial charge in [-0.05, 0) is 6.92 Å². The lowest BCUT2D eigenvalue weighted by atomic mass is 10.4. The predicted octanol–water partition coefficient (Wildman–Crippen LogP) is 0.799. The molecule has 0 rings (SSSR count). The van der Waals surface area contributed by atoms with Crippen LogP contribution in [0.4, 0.5) is 0 Å². The lowest BCUT2D eigenvalue weighted by Gasteiger charge is -2.04. The van der Waals surface area contributed by atoms with E-state index in [-0.39, 0.29) is 0 Å². The maximum Gasteiger partial charge on any atom is 0.258 e. The third-order valence-corrected chi connectivity index (χ3v) is 2.28. The van der Waals surface area contributed by atoms with E-state index in [1.165, 1.54) is 0 Å². The lowest BCUT2D eigenvalue weighted by Crippen LogP contribution is -2.17. The summed E-state index contributed by atoms with van der Waals surface area (Å²) >= 11 is 0. The van der Waals surface area contributed by atoms with E-state index in [1.807, 2.05) is 0 Å². The predicted molar refractivity (Wildman–Crippen MR) is 52.0 cm³/mol. The minimum atomic E-state index is -2.77. The molecule has 0 saturated heterocycles. The standard InChI is InChI=1S/C7H14O3SSi/c1-7(10-11(8)9)5-6-12(2,3)4/h7,11H,1-4H3. The Kier molecular flexibility index (Phi) is 4.53. The summed E-state index contributed by atoms with van der Waals surface area (Å²) in [6.07, 6.45) is -0.516. The van der Waals surface area contributed by atoms with Crippen LogP contribution in [0.3, 0.4) is 0 Å². The molecule has 0 aliphatic carbocycles. The Balaban J connectivity index is 4.13. The van der Waals surface area contributed by atoms with Crippen molar-refractivity contribution in [1.29, 1.82) is 0 Å². The smallest absolute Gasteiger partial charge is 0.256 e. The Morgan fingerprint density at radius 3 is 2.17 bits per heavy atom. The van der Waals surface area contributed by atoms with Crippen LogP contribution >= 0.6 is 0 Å². The first-order valence-electron chi connectivity index (χ1n) is 3.65.